The Labute approximate surface area is 168 Å². The second-order valence-corrected chi connectivity index (χ2v) is 8.66. The molecule has 148 valence electrons. The molecule has 0 aromatic heterocycles. The van der Waals surface area contributed by atoms with Gasteiger partial charge in [-0.2, -0.15) is 0 Å². The fourth-order valence-electron chi connectivity index (χ4n) is 4.94. The van der Waals surface area contributed by atoms with E-state index in [1.165, 1.54) is 37.5 Å². The van der Waals surface area contributed by atoms with E-state index < -0.39 is 5.41 Å². The second-order valence-electron chi connectivity index (χ2n) is 8.66. The minimum absolute atomic E-state index is 0.0692. The number of hydrogen-bond acceptors (Lipinski definition) is 3. The lowest BCUT2D eigenvalue weighted by atomic mass is 9.89. The highest BCUT2D eigenvalue weighted by molar-refractivity contribution is 5.87. The Balaban J connectivity index is 1.35. The number of carbonyl (C=O) groups excluding carboxylic acids is 1. The summed E-state index contributed by atoms with van der Waals surface area (Å²) in [6.45, 7) is 5.36. The monoisotopic (exact) mass is 377 g/mol. The van der Waals surface area contributed by atoms with Gasteiger partial charge in [-0.1, -0.05) is 60.2 Å². The molecule has 1 heterocycles. The number of likely N-dealkylation sites (tertiary alicyclic amines) is 1. The molecule has 0 N–H and O–H groups in total. The lowest BCUT2D eigenvalue weighted by molar-refractivity contribution is -0.144. The van der Waals surface area contributed by atoms with E-state index >= 15 is 0 Å². The number of ether oxygens (including phenoxy) is 1. The molecule has 3 heteroatoms. The topological polar surface area (TPSA) is 29.5 Å². The first-order chi connectivity index (χ1) is 13.6. The normalized spacial score (nSPS) is 25.4. The summed E-state index contributed by atoms with van der Waals surface area (Å²) in [5, 5.41) is 0. The average molecular weight is 378 g/mol. The molecule has 1 aliphatic carbocycles. The summed E-state index contributed by atoms with van der Waals surface area (Å²) < 4.78 is 5.21. The first-order valence-corrected chi connectivity index (χ1v) is 10.5. The van der Waals surface area contributed by atoms with Gasteiger partial charge in [0.05, 0.1) is 12.5 Å². The van der Waals surface area contributed by atoms with Crippen LogP contribution in [0.4, 0.5) is 0 Å². The van der Waals surface area contributed by atoms with E-state index in [-0.39, 0.29) is 5.97 Å². The maximum absolute atomic E-state index is 12.6. The van der Waals surface area contributed by atoms with Gasteiger partial charge in [-0.15, -0.1) is 0 Å². The highest BCUT2D eigenvalue weighted by atomic mass is 16.5. The molecule has 1 aliphatic heterocycles. The zero-order chi connectivity index (χ0) is 19.6. The first-order valence-electron chi connectivity index (χ1n) is 10.5. The smallest absolute Gasteiger partial charge is 0.316 e. The van der Waals surface area contributed by atoms with Gasteiger partial charge in [0.25, 0.3) is 0 Å². The number of esters is 1. The Morgan fingerprint density at radius 3 is 2.39 bits per heavy atom. The van der Waals surface area contributed by atoms with Crippen LogP contribution in [0, 0.1) is 18.8 Å². The predicted octanol–water partition coefficient (Wildman–Crippen LogP) is 4.38. The number of benzene rings is 2. The van der Waals surface area contributed by atoms with Crippen molar-refractivity contribution >= 4 is 5.97 Å². The van der Waals surface area contributed by atoms with Crippen LogP contribution < -0.4 is 0 Å². The van der Waals surface area contributed by atoms with Crippen molar-refractivity contribution < 1.29 is 9.53 Å². The van der Waals surface area contributed by atoms with Crippen LogP contribution in [0.3, 0.4) is 0 Å². The Morgan fingerprint density at radius 2 is 1.75 bits per heavy atom. The van der Waals surface area contributed by atoms with Gasteiger partial charge >= 0.3 is 5.97 Å². The zero-order valence-electron chi connectivity index (χ0n) is 17.1. The third-order valence-corrected chi connectivity index (χ3v) is 6.77. The van der Waals surface area contributed by atoms with E-state index in [1.807, 2.05) is 0 Å². The number of hydrogen-bond donors (Lipinski definition) is 0. The van der Waals surface area contributed by atoms with Crippen molar-refractivity contribution in [2.24, 2.45) is 11.8 Å². The van der Waals surface area contributed by atoms with Crippen LogP contribution in [0.5, 0.6) is 0 Å². The molecule has 1 saturated heterocycles. The molecule has 2 aromatic carbocycles. The summed E-state index contributed by atoms with van der Waals surface area (Å²) in [4.78, 5) is 15.2. The molecule has 4 rings (SSSR count). The van der Waals surface area contributed by atoms with E-state index in [4.69, 9.17) is 4.74 Å². The minimum atomic E-state index is -0.427. The molecule has 2 unspecified atom stereocenters. The van der Waals surface area contributed by atoms with Gasteiger partial charge in [-0.3, -0.25) is 4.79 Å². The molecule has 1 saturated carbocycles. The Morgan fingerprint density at radius 1 is 1.07 bits per heavy atom. The third kappa shape index (κ3) is 3.86. The predicted molar refractivity (Wildman–Crippen MR) is 112 cm³/mol. The van der Waals surface area contributed by atoms with Crippen LogP contribution in [-0.4, -0.2) is 37.6 Å². The van der Waals surface area contributed by atoms with Gasteiger partial charge in [0, 0.05) is 6.54 Å². The van der Waals surface area contributed by atoms with Crippen LogP contribution in [0.1, 0.15) is 36.0 Å². The fourth-order valence-corrected chi connectivity index (χ4v) is 4.94. The number of piperidine rings is 1. The van der Waals surface area contributed by atoms with E-state index in [0.717, 1.165) is 37.5 Å². The fraction of sp³-hybridized carbons (Fsp3) is 0.480. The van der Waals surface area contributed by atoms with Crippen LogP contribution >= 0.6 is 0 Å². The number of carbonyl (C=O) groups is 1. The summed E-state index contributed by atoms with van der Waals surface area (Å²) in [5.74, 6) is 1.08. The van der Waals surface area contributed by atoms with Crippen LogP contribution in [-0.2, 0) is 21.4 Å². The number of aryl methyl sites for hydroxylation is 1. The summed E-state index contributed by atoms with van der Waals surface area (Å²) in [6.07, 6.45) is 4.59. The molecule has 2 fully saturated rings. The quantitative estimate of drug-likeness (QED) is 0.700. The van der Waals surface area contributed by atoms with Crippen molar-refractivity contribution in [3.05, 3.63) is 71.3 Å². The largest absolute Gasteiger partial charge is 0.468 e. The van der Waals surface area contributed by atoms with Crippen molar-refractivity contribution in [1.29, 1.82) is 0 Å². The lowest BCUT2D eigenvalue weighted by Crippen LogP contribution is -2.37. The summed E-state index contributed by atoms with van der Waals surface area (Å²) >= 11 is 0. The average Bonchev–Trinajstić information content (AvgIpc) is 3.45. The maximum Gasteiger partial charge on any atom is 0.316 e. The SMILES string of the molecule is COC(=O)C1(c2ccc(C)cc2)CC1CN1CCC(Cc2ccccc2)CC1. The van der Waals surface area contributed by atoms with E-state index in [0.29, 0.717) is 5.92 Å². The van der Waals surface area contributed by atoms with Gasteiger partial charge in [0.1, 0.15) is 0 Å². The number of rotatable bonds is 6. The molecule has 0 amide bonds. The van der Waals surface area contributed by atoms with Gasteiger partial charge in [-0.25, -0.2) is 0 Å². The van der Waals surface area contributed by atoms with Gasteiger partial charge in [-0.05, 0) is 68.7 Å². The maximum atomic E-state index is 12.6. The number of nitrogens with zero attached hydrogens (tertiary/aromatic N) is 1. The van der Waals surface area contributed by atoms with Crippen molar-refractivity contribution in [3.63, 3.8) is 0 Å². The molecule has 28 heavy (non-hydrogen) atoms. The van der Waals surface area contributed by atoms with Gasteiger partial charge < -0.3 is 9.64 Å². The highest BCUT2D eigenvalue weighted by Gasteiger charge is 2.62. The van der Waals surface area contributed by atoms with E-state index in [2.05, 4.69) is 66.4 Å². The zero-order valence-corrected chi connectivity index (χ0v) is 17.1. The molecular formula is C25H31NO2. The van der Waals surface area contributed by atoms with Crippen molar-refractivity contribution in [2.45, 2.75) is 38.0 Å². The Bertz CT molecular complexity index is 793. The first kappa shape index (κ1) is 19.2. The van der Waals surface area contributed by atoms with Crippen molar-refractivity contribution in [3.8, 4) is 0 Å². The molecule has 2 atom stereocenters. The Kier molecular flexibility index (Phi) is 5.54. The molecular weight excluding hydrogens is 346 g/mol. The molecule has 0 bridgehead atoms. The standard InChI is InChI=1S/C25H31NO2/c1-19-8-10-22(11-9-19)25(24(27)28-2)17-23(25)18-26-14-12-21(13-15-26)16-20-6-4-3-5-7-20/h3-11,21,23H,12-18H2,1-2H3. The van der Waals surface area contributed by atoms with Gasteiger partial charge in [0.15, 0.2) is 0 Å². The van der Waals surface area contributed by atoms with Crippen molar-refractivity contribution in [2.75, 3.05) is 26.7 Å². The molecule has 2 aromatic rings. The second kappa shape index (κ2) is 8.08. The van der Waals surface area contributed by atoms with Crippen LogP contribution in [0.15, 0.2) is 54.6 Å². The highest BCUT2D eigenvalue weighted by Crippen LogP contribution is 2.55. The van der Waals surface area contributed by atoms with Crippen LogP contribution in [0.25, 0.3) is 0 Å². The third-order valence-electron chi connectivity index (χ3n) is 6.77. The van der Waals surface area contributed by atoms with E-state index in [1.54, 1.807) is 0 Å². The van der Waals surface area contributed by atoms with Crippen molar-refractivity contribution in [1.82, 2.24) is 4.90 Å². The Hall–Kier alpha value is -2.13. The molecule has 2 aliphatic rings. The number of methoxy groups -OCH3 is 1. The molecule has 0 radical (unpaired) electrons. The summed E-state index contributed by atoms with van der Waals surface area (Å²) in [6, 6.07) is 19.3. The summed E-state index contributed by atoms with van der Waals surface area (Å²) in [7, 11) is 1.52. The van der Waals surface area contributed by atoms with E-state index in [9.17, 15) is 4.79 Å². The summed E-state index contributed by atoms with van der Waals surface area (Å²) in [5.41, 5.74) is 3.37. The van der Waals surface area contributed by atoms with Crippen LogP contribution in [0.2, 0.25) is 0 Å². The minimum Gasteiger partial charge on any atom is -0.468 e. The molecule has 0 spiro atoms. The molecule has 3 nitrogen and oxygen atoms in total. The van der Waals surface area contributed by atoms with Gasteiger partial charge in [0.2, 0.25) is 0 Å². The lowest BCUT2D eigenvalue weighted by Gasteiger charge is -2.32.